The molecule has 74 valence electrons. The summed E-state index contributed by atoms with van der Waals surface area (Å²) in [6, 6.07) is 3.32. The van der Waals surface area contributed by atoms with Gasteiger partial charge in [-0.1, -0.05) is 0 Å². The smallest absolute Gasteiger partial charge is 0.328 e. The van der Waals surface area contributed by atoms with Gasteiger partial charge in [-0.2, -0.15) is 0 Å². The first kappa shape index (κ1) is 11.8. The molecule has 0 unspecified atom stereocenters. The molecule has 0 spiro atoms. The second kappa shape index (κ2) is 4.96. The number of carboxylic acids is 1. The van der Waals surface area contributed by atoms with Crippen LogP contribution in [-0.4, -0.2) is 16.2 Å². The van der Waals surface area contributed by atoms with Crippen molar-refractivity contribution < 1.29 is 15.0 Å². The van der Waals surface area contributed by atoms with Crippen LogP contribution in [0.1, 0.15) is 5.56 Å². The Labute approximate surface area is 108 Å². The number of carboxylic acid groups (broad SMARTS) is 1. The van der Waals surface area contributed by atoms with Gasteiger partial charge in [-0.05, 0) is 63.4 Å². The number of aromatic hydroxyl groups is 1. The lowest BCUT2D eigenvalue weighted by Crippen LogP contribution is -1.89. The molecule has 5 heteroatoms. The fraction of sp³-hybridized carbons (Fsp3) is 0. The molecule has 0 aliphatic rings. The second-order valence-electron chi connectivity index (χ2n) is 2.47. The van der Waals surface area contributed by atoms with Gasteiger partial charge >= 0.3 is 5.97 Å². The molecule has 0 heterocycles. The molecule has 0 amide bonds. The molecule has 1 aromatic carbocycles. The lowest BCUT2D eigenvalue weighted by Gasteiger charge is -2.03. The molecule has 2 N–H and O–H groups in total. The third-order valence-electron chi connectivity index (χ3n) is 1.50. The summed E-state index contributed by atoms with van der Waals surface area (Å²) in [5.74, 6) is -0.939. The minimum absolute atomic E-state index is 0.0901. The van der Waals surface area contributed by atoms with Gasteiger partial charge in [0.2, 0.25) is 0 Å². The topological polar surface area (TPSA) is 57.5 Å². The van der Waals surface area contributed by atoms with Crippen molar-refractivity contribution in [1.82, 2.24) is 0 Å². The van der Waals surface area contributed by atoms with Crippen molar-refractivity contribution in [2.75, 3.05) is 0 Å². The molecular weight excluding hydrogens is 410 g/mol. The monoisotopic (exact) mass is 416 g/mol. The number of benzene rings is 1. The number of phenols is 1. The third-order valence-corrected chi connectivity index (χ3v) is 4.60. The number of hydrogen-bond acceptors (Lipinski definition) is 2. The highest BCUT2D eigenvalue weighted by atomic mass is 127. The minimum Gasteiger partial charge on any atom is -0.507 e. The highest BCUT2D eigenvalue weighted by molar-refractivity contribution is 14.1. The van der Waals surface area contributed by atoms with E-state index in [9.17, 15) is 9.90 Å². The zero-order valence-electron chi connectivity index (χ0n) is 6.87. The zero-order valence-corrected chi connectivity index (χ0v) is 11.2. The molecule has 1 aromatic rings. The fourth-order valence-electron chi connectivity index (χ4n) is 0.869. The Morgan fingerprint density at radius 1 is 1.36 bits per heavy atom. The van der Waals surface area contributed by atoms with Crippen molar-refractivity contribution >= 4 is 57.2 Å². The van der Waals surface area contributed by atoms with E-state index in [2.05, 4.69) is 45.2 Å². The predicted molar refractivity (Wildman–Crippen MR) is 70.2 cm³/mol. The second-order valence-corrected chi connectivity index (χ2v) is 4.71. The maximum absolute atomic E-state index is 10.3. The minimum atomic E-state index is -1.03. The lowest BCUT2D eigenvalue weighted by molar-refractivity contribution is -0.131. The van der Waals surface area contributed by atoms with E-state index < -0.39 is 5.97 Å². The van der Waals surface area contributed by atoms with Gasteiger partial charge in [0.25, 0.3) is 0 Å². The number of phenolic OH excluding ortho intramolecular Hbond substituents is 1. The first-order valence-electron chi connectivity index (χ1n) is 3.60. The van der Waals surface area contributed by atoms with Gasteiger partial charge in [-0.3, -0.25) is 0 Å². The van der Waals surface area contributed by atoms with Crippen LogP contribution in [0, 0.1) is 7.14 Å². The van der Waals surface area contributed by atoms with E-state index in [1.807, 2.05) is 0 Å². The molecule has 3 nitrogen and oxygen atoms in total. The Hall–Kier alpha value is -0.310. The van der Waals surface area contributed by atoms with E-state index in [0.29, 0.717) is 5.56 Å². The van der Waals surface area contributed by atoms with Gasteiger partial charge in [0.05, 0.1) is 0 Å². The van der Waals surface area contributed by atoms with Gasteiger partial charge < -0.3 is 10.2 Å². The first-order valence-corrected chi connectivity index (χ1v) is 5.76. The van der Waals surface area contributed by atoms with Gasteiger partial charge in [0.15, 0.2) is 0 Å². The SMILES string of the molecule is O=C(O)/C=C/c1c(O)ccc(I)c1I. The Kier molecular flexibility index (Phi) is 4.17. The van der Waals surface area contributed by atoms with Crippen LogP contribution < -0.4 is 0 Å². The first-order chi connectivity index (χ1) is 6.52. The molecule has 0 aromatic heterocycles. The predicted octanol–water partition coefficient (Wildman–Crippen LogP) is 2.70. The Balaban J connectivity index is 3.19. The van der Waals surface area contributed by atoms with Crippen molar-refractivity contribution in [1.29, 1.82) is 0 Å². The quantitative estimate of drug-likeness (QED) is 0.576. The van der Waals surface area contributed by atoms with Crippen LogP contribution in [0.2, 0.25) is 0 Å². The van der Waals surface area contributed by atoms with Gasteiger partial charge in [-0.25, -0.2) is 4.79 Å². The van der Waals surface area contributed by atoms with Crippen LogP contribution in [0.15, 0.2) is 18.2 Å². The van der Waals surface area contributed by atoms with Crippen molar-refractivity contribution in [3.63, 3.8) is 0 Å². The maximum Gasteiger partial charge on any atom is 0.328 e. The largest absolute Gasteiger partial charge is 0.507 e. The Morgan fingerprint density at radius 3 is 2.57 bits per heavy atom. The molecule has 0 fully saturated rings. The normalized spacial score (nSPS) is 10.7. The van der Waals surface area contributed by atoms with Crippen LogP contribution in [0.3, 0.4) is 0 Å². The average Bonchev–Trinajstić information content (AvgIpc) is 2.11. The fourth-order valence-corrected chi connectivity index (χ4v) is 1.98. The van der Waals surface area contributed by atoms with E-state index >= 15 is 0 Å². The maximum atomic E-state index is 10.3. The van der Waals surface area contributed by atoms with Crippen LogP contribution in [0.25, 0.3) is 6.08 Å². The molecule has 0 radical (unpaired) electrons. The summed E-state index contributed by atoms with van der Waals surface area (Å²) in [7, 11) is 0. The number of halogens is 2. The van der Waals surface area contributed by atoms with E-state index in [4.69, 9.17) is 5.11 Å². The summed E-state index contributed by atoms with van der Waals surface area (Å²) in [5, 5.41) is 17.9. The summed E-state index contributed by atoms with van der Waals surface area (Å²) in [6.45, 7) is 0. The van der Waals surface area contributed by atoms with Gasteiger partial charge in [0, 0.05) is 18.8 Å². The van der Waals surface area contributed by atoms with E-state index in [1.165, 1.54) is 6.08 Å². The van der Waals surface area contributed by atoms with Crippen molar-refractivity contribution in [3.8, 4) is 5.75 Å². The number of carbonyl (C=O) groups is 1. The molecule has 1 rings (SSSR count). The Bertz CT molecular complexity index is 399. The Morgan fingerprint density at radius 2 is 2.00 bits per heavy atom. The van der Waals surface area contributed by atoms with Crippen LogP contribution >= 0.6 is 45.2 Å². The standard InChI is InChI=1S/C9H6I2O3/c10-6-2-3-7(12)5(9(6)11)1-4-8(13)14/h1-4,12H,(H,13,14)/b4-1+. The van der Waals surface area contributed by atoms with E-state index in [0.717, 1.165) is 13.2 Å². The summed E-state index contributed by atoms with van der Waals surface area (Å²) < 4.78 is 1.83. The number of aliphatic carboxylic acids is 1. The van der Waals surface area contributed by atoms with E-state index in [-0.39, 0.29) is 5.75 Å². The van der Waals surface area contributed by atoms with E-state index in [1.54, 1.807) is 12.1 Å². The highest BCUT2D eigenvalue weighted by Crippen LogP contribution is 2.28. The van der Waals surface area contributed by atoms with Crippen molar-refractivity contribution in [3.05, 3.63) is 30.9 Å². The molecular formula is C9H6I2O3. The number of hydrogen-bond donors (Lipinski definition) is 2. The molecule has 0 atom stereocenters. The molecule has 0 saturated heterocycles. The van der Waals surface area contributed by atoms with Crippen molar-refractivity contribution in [2.45, 2.75) is 0 Å². The molecule has 14 heavy (non-hydrogen) atoms. The average molecular weight is 416 g/mol. The van der Waals surface area contributed by atoms with Crippen LogP contribution in [0.4, 0.5) is 0 Å². The van der Waals surface area contributed by atoms with Gasteiger partial charge in [0.1, 0.15) is 5.75 Å². The summed E-state index contributed by atoms with van der Waals surface area (Å²) in [5.41, 5.74) is 0.542. The summed E-state index contributed by atoms with van der Waals surface area (Å²) >= 11 is 4.19. The van der Waals surface area contributed by atoms with Crippen LogP contribution in [-0.2, 0) is 4.79 Å². The number of rotatable bonds is 2. The lowest BCUT2D eigenvalue weighted by atomic mass is 10.2. The summed E-state index contributed by atoms with van der Waals surface area (Å²) in [4.78, 5) is 10.3. The molecule has 0 bridgehead atoms. The molecule has 0 aliphatic heterocycles. The van der Waals surface area contributed by atoms with Crippen LogP contribution in [0.5, 0.6) is 5.75 Å². The zero-order chi connectivity index (χ0) is 10.7. The highest BCUT2D eigenvalue weighted by Gasteiger charge is 2.06. The molecule has 0 saturated carbocycles. The summed E-state index contributed by atoms with van der Waals surface area (Å²) in [6.07, 6.45) is 2.40. The third kappa shape index (κ3) is 2.84. The molecule has 0 aliphatic carbocycles. The van der Waals surface area contributed by atoms with Gasteiger partial charge in [-0.15, -0.1) is 0 Å². The van der Waals surface area contributed by atoms with Crippen molar-refractivity contribution in [2.24, 2.45) is 0 Å².